The number of quaternary nitrogens is 1. The lowest BCUT2D eigenvalue weighted by Gasteiger charge is -2.42. The number of hydrogen-bond donors (Lipinski definition) is 5. The zero-order valence-electron chi connectivity index (χ0n) is 15.6. The topological polar surface area (TPSA) is 153 Å². The van der Waals surface area contributed by atoms with Crippen molar-refractivity contribution in [3.05, 3.63) is 29.3 Å². The summed E-state index contributed by atoms with van der Waals surface area (Å²) < 4.78 is -0.0626. The number of aromatic hydroxyl groups is 1. The van der Waals surface area contributed by atoms with E-state index in [1.165, 1.54) is 18.2 Å². The van der Waals surface area contributed by atoms with E-state index in [1.54, 1.807) is 0 Å². The molecule has 1 aromatic carbocycles. The van der Waals surface area contributed by atoms with Crippen LogP contribution in [0.5, 0.6) is 5.75 Å². The van der Waals surface area contributed by atoms with Gasteiger partial charge < -0.3 is 20.4 Å². The smallest absolute Gasteiger partial charge is 0.378 e. The maximum atomic E-state index is 12.9. The molecule has 5 N–H and O–H groups in total. The molecular weight excluding hydrogens is 384 g/mol. The average Bonchev–Trinajstić information content (AvgIpc) is 3.16. The normalized spacial score (nSPS) is 35.5. The number of aromatic carboxylic acids is 1. The molecule has 3 fully saturated rings. The number of aliphatic hydroxyl groups is 1. The highest BCUT2D eigenvalue weighted by Gasteiger charge is 2.90. The molecule has 29 heavy (non-hydrogen) atoms. The van der Waals surface area contributed by atoms with Crippen molar-refractivity contribution < 1.29 is 44.1 Å². The lowest BCUT2D eigenvalue weighted by atomic mass is 9.76. The highest BCUT2D eigenvalue weighted by Crippen LogP contribution is 2.62. The number of carboxylic acids is 2. The van der Waals surface area contributed by atoms with Crippen LogP contribution in [0, 0.1) is 5.92 Å². The monoisotopic (exact) mass is 407 g/mol. The number of phenols is 1. The molecule has 1 aliphatic carbocycles. The molecule has 10 nitrogen and oxygen atoms in total. The Hall–Kier alpha value is -2.53. The van der Waals surface area contributed by atoms with Crippen LogP contribution in [0.1, 0.15) is 41.6 Å². The number of rotatable bonds is 6. The predicted molar refractivity (Wildman–Crippen MR) is 95.2 cm³/mol. The fraction of sp³-hybridized carbons (Fsp3) is 0.526. The Labute approximate surface area is 165 Å². The molecule has 2 saturated heterocycles. The van der Waals surface area contributed by atoms with Crippen molar-refractivity contribution in [2.45, 2.75) is 50.1 Å². The zero-order chi connectivity index (χ0) is 21.0. The van der Waals surface area contributed by atoms with Crippen LogP contribution in [-0.2, 0) is 21.0 Å². The Kier molecular flexibility index (Phi) is 4.61. The summed E-state index contributed by atoms with van der Waals surface area (Å²) in [6.07, 6.45) is 0.148. The van der Waals surface area contributed by atoms with Gasteiger partial charge in [0.05, 0.1) is 31.2 Å². The van der Waals surface area contributed by atoms with Crippen LogP contribution in [0.3, 0.4) is 0 Å². The van der Waals surface area contributed by atoms with E-state index in [-0.39, 0.29) is 46.7 Å². The summed E-state index contributed by atoms with van der Waals surface area (Å²) in [6.45, 7) is 0.321. The van der Waals surface area contributed by atoms with Gasteiger partial charge in [-0.25, -0.2) is 14.1 Å². The number of aliphatic carboxylic acids is 1. The molecule has 156 valence electrons. The second-order valence-corrected chi connectivity index (χ2v) is 8.01. The molecule has 0 aromatic heterocycles. The van der Waals surface area contributed by atoms with E-state index in [0.29, 0.717) is 19.4 Å². The highest BCUT2D eigenvalue weighted by atomic mass is 16.6. The van der Waals surface area contributed by atoms with Crippen LogP contribution >= 0.6 is 0 Å². The number of hydrogen-bond acceptors (Lipinski definition) is 7. The van der Waals surface area contributed by atoms with Crippen LogP contribution in [0.2, 0.25) is 0 Å². The summed E-state index contributed by atoms with van der Waals surface area (Å²) in [7, 11) is 0. The van der Waals surface area contributed by atoms with Gasteiger partial charge in [-0.1, -0.05) is 0 Å². The number of benzene rings is 1. The molecule has 4 rings (SSSR count). The third kappa shape index (κ3) is 2.75. The molecule has 0 bridgehead atoms. The Morgan fingerprint density at radius 2 is 2.00 bits per heavy atom. The summed E-state index contributed by atoms with van der Waals surface area (Å²) in [5, 5.41) is 38.5. The van der Waals surface area contributed by atoms with Gasteiger partial charge in [0.2, 0.25) is 5.54 Å². The highest BCUT2D eigenvalue weighted by molar-refractivity contribution is 5.98. The molecule has 1 saturated carbocycles. The minimum atomic E-state index is -1.16. The van der Waals surface area contributed by atoms with Crippen molar-refractivity contribution in [2.24, 2.45) is 5.92 Å². The van der Waals surface area contributed by atoms with Gasteiger partial charge in [-0.15, -0.1) is 5.48 Å². The Balaban J connectivity index is 1.47. The Bertz CT molecular complexity index is 889. The molecule has 5 unspecified atom stereocenters. The van der Waals surface area contributed by atoms with E-state index in [4.69, 9.17) is 4.84 Å². The first-order valence-corrected chi connectivity index (χ1v) is 9.50. The van der Waals surface area contributed by atoms with Gasteiger partial charge in [0.25, 0.3) is 0 Å². The summed E-state index contributed by atoms with van der Waals surface area (Å²) >= 11 is 0. The molecule has 2 spiro atoms. The quantitative estimate of drug-likeness (QED) is 0.252. The fourth-order valence-corrected chi connectivity index (χ4v) is 5.18. The number of aliphatic hydroxyl groups excluding tert-OH is 1. The number of amides is 1. The minimum absolute atomic E-state index is 0.0114. The molecule has 3 aliphatic rings. The first-order valence-electron chi connectivity index (χ1n) is 9.50. The van der Waals surface area contributed by atoms with Gasteiger partial charge in [0.1, 0.15) is 11.7 Å². The Morgan fingerprint density at radius 1 is 1.24 bits per heavy atom. The molecule has 10 heteroatoms. The summed E-state index contributed by atoms with van der Waals surface area (Å²) in [5.74, 6) is -3.32. The minimum Gasteiger partial charge on any atom is -0.508 e. The first kappa shape index (κ1) is 19.8. The molecule has 2 aliphatic heterocycles. The number of hydroxylamine groups is 1. The number of nitrogens with one attached hydrogen (secondary N) is 1. The van der Waals surface area contributed by atoms with Crippen LogP contribution in [0.15, 0.2) is 18.2 Å². The number of phenolic OH excluding ortho intramolecular Hbond substituents is 1. The molecule has 2 heterocycles. The summed E-state index contributed by atoms with van der Waals surface area (Å²) in [4.78, 5) is 41.4. The van der Waals surface area contributed by atoms with Crippen LogP contribution in [-0.4, -0.2) is 67.1 Å². The van der Waals surface area contributed by atoms with Crippen molar-refractivity contribution in [2.75, 3.05) is 6.54 Å². The van der Waals surface area contributed by atoms with Gasteiger partial charge in [0.15, 0.2) is 6.17 Å². The van der Waals surface area contributed by atoms with Crippen LogP contribution in [0.4, 0.5) is 0 Å². The number of carbonyl (C=O) groups is 3. The third-order valence-corrected chi connectivity index (χ3v) is 6.66. The van der Waals surface area contributed by atoms with Crippen molar-refractivity contribution in [1.82, 2.24) is 5.48 Å². The van der Waals surface area contributed by atoms with Gasteiger partial charge >= 0.3 is 17.8 Å². The van der Waals surface area contributed by atoms with Crippen molar-refractivity contribution in [3.63, 3.8) is 0 Å². The van der Waals surface area contributed by atoms with Crippen molar-refractivity contribution in [3.8, 4) is 5.75 Å². The van der Waals surface area contributed by atoms with Gasteiger partial charge in [-0.3, -0.25) is 9.63 Å². The summed E-state index contributed by atoms with van der Waals surface area (Å²) in [6, 6.07) is 3.83. The second kappa shape index (κ2) is 6.77. The number of fused-ring (bicyclic) bond motifs is 1. The van der Waals surface area contributed by atoms with E-state index in [9.17, 15) is 34.8 Å². The van der Waals surface area contributed by atoms with Gasteiger partial charge in [0, 0.05) is 6.42 Å². The number of carbonyl (C=O) groups excluding carboxylic acids is 1. The lowest BCUT2D eigenvalue weighted by Crippen LogP contribution is -2.64. The van der Waals surface area contributed by atoms with Gasteiger partial charge in [-0.05, 0) is 36.6 Å². The maximum absolute atomic E-state index is 12.9. The van der Waals surface area contributed by atoms with Gasteiger partial charge in [-0.2, -0.15) is 0 Å². The molecule has 1 aromatic rings. The van der Waals surface area contributed by atoms with Crippen LogP contribution < -0.4 is 5.48 Å². The SMILES string of the molecule is O=C(O)c1ccc(O)cc1CONC1CC[N+]12C(=O)C21CC(O)CCC1C(=O)O. The standard InChI is InChI=1S/C19H22N2O8/c22-11-1-3-13(16(24)25)10(7-11)9-29-20-15-5-6-21(15)18(28)19(21)8-12(23)2-4-14(19)17(26)27/h1,3,7,12,14-15,20,23H,2,4-6,8-9H2,(H2-,22,24,25,26,27)/p+1. The second-order valence-electron chi connectivity index (χ2n) is 8.01. The summed E-state index contributed by atoms with van der Waals surface area (Å²) in [5.41, 5.74) is 1.91. The van der Waals surface area contributed by atoms with E-state index in [1.807, 2.05) is 0 Å². The van der Waals surface area contributed by atoms with E-state index < -0.39 is 35.7 Å². The van der Waals surface area contributed by atoms with Crippen molar-refractivity contribution in [1.29, 1.82) is 0 Å². The van der Waals surface area contributed by atoms with E-state index >= 15 is 0 Å². The number of nitrogens with zero attached hydrogens (tertiary/aromatic N) is 1. The molecule has 5 atom stereocenters. The molecule has 0 radical (unpaired) electrons. The molecular formula is C19H23N2O8+. The predicted octanol–water partition coefficient (Wildman–Crippen LogP) is 0.183. The van der Waals surface area contributed by atoms with Crippen molar-refractivity contribution >= 4 is 17.8 Å². The molecule has 1 amide bonds. The fourth-order valence-electron chi connectivity index (χ4n) is 5.18. The van der Waals surface area contributed by atoms with E-state index in [0.717, 1.165) is 0 Å². The third-order valence-electron chi connectivity index (χ3n) is 6.66. The van der Waals surface area contributed by atoms with E-state index in [2.05, 4.69) is 5.48 Å². The Morgan fingerprint density at radius 3 is 2.62 bits per heavy atom. The number of carboxylic acid groups (broad SMARTS) is 2. The first-order chi connectivity index (χ1) is 13.7. The lowest BCUT2D eigenvalue weighted by molar-refractivity contribution is -0.880. The zero-order valence-corrected chi connectivity index (χ0v) is 15.6. The largest absolute Gasteiger partial charge is 0.508 e. The van der Waals surface area contributed by atoms with Crippen LogP contribution in [0.25, 0.3) is 0 Å². The average molecular weight is 407 g/mol. The maximum Gasteiger partial charge on any atom is 0.378 e.